The molecule has 0 spiro atoms. The van der Waals surface area contributed by atoms with Crippen LogP contribution in [0.5, 0.6) is 0 Å². The fourth-order valence-corrected chi connectivity index (χ4v) is 3.38. The molecule has 1 aromatic carbocycles. The summed E-state index contributed by atoms with van der Waals surface area (Å²) in [5.41, 5.74) is 0.846. The predicted molar refractivity (Wildman–Crippen MR) is 92.3 cm³/mol. The minimum atomic E-state index is -0.489. The lowest BCUT2D eigenvalue weighted by atomic mass is 10.1. The zero-order chi connectivity index (χ0) is 18.0. The van der Waals surface area contributed by atoms with Crippen LogP contribution in [0.4, 0.5) is 5.69 Å². The van der Waals surface area contributed by atoms with Gasteiger partial charge in [0.2, 0.25) is 11.8 Å². The van der Waals surface area contributed by atoms with E-state index in [1.807, 2.05) is 11.9 Å². The first-order valence-electron chi connectivity index (χ1n) is 8.46. The number of nitrogens with zero attached hydrogens (tertiary/aromatic N) is 3. The number of hydrogen-bond acceptors (Lipinski definition) is 5. The molecular formula is C18H23N3O4. The fourth-order valence-electron chi connectivity index (χ4n) is 3.38. The molecule has 0 aliphatic carbocycles. The topological polar surface area (TPSA) is 70.2 Å². The monoisotopic (exact) mass is 345 g/mol. The molecule has 2 amide bonds. The van der Waals surface area contributed by atoms with E-state index in [4.69, 9.17) is 4.74 Å². The third-order valence-electron chi connectivity index (χ3n) is 4.89. The molecule has 3 rings (SSSR count). The number of para-hydroxylation sites is 1. The Labute approximate surface area is 147 Å². The van der Waals surface area contributed by atoms with Gasteiger partial charge in [-0.15, -0.1) is 0 Å². The van der Waals surface area contributed by atoms with Gasteiger partial charge in [-0.2, -0.15) is 0 Å². The largest absolute Gasteiger partial charge is 0.465 e. The second kappa shape index (κ2) is 7.23. The van der Waals surface area contributed by atoms with Crippen LogP contribution >= 0.6 is 0 Å². The quantitative estimate of drug-likeness (QED) is 0.751. The van der Waals surface area contributed by atoms with Crippen molar-refractivity contribution in [3.8, 4) is 0 Å². The van der Waals surface area contributed by atoms with Gasteiger partial charge in [0, 0.05) is 39.1 Å². The van der Waals surface area contributed by atoms with Crippen molar-refractivity contribution in [1.29, 1.82) is 0 Å². The molecule has 0 radical (unpaired) electrons. The predicted octanol–water partition coefficient (Wildman–Crippen LogP) is 0.600. The van der Waals surface area contributed by atoms with Gasteiger partial charge in [-0.05, 0) is 19.2 Å². The number of carbonyl (C=O) groups is 3. The van der Waals surface area contributed by atoms with Gasteiger partial charge >= 0.3 is 5.97 Å². The first-order valence-corrected chi connectivity index (χ1v) is 8.46. The summed E-state index contributed by atoms with van der Waals surface area (Å²) in [5, 5.41) is 0. The molecule has 1 atom stereocenters. The summed E-state index contributed by atoms with van der Waals surface area (Å²) in [7, 11) is 3.34. The summed E-state index contributed by atoms with van der Waals surface area (Å²) in [4.78, 5) is 42.7. The first kappa shape index (κ1) is 17.4. The lowest BCUT2D eigenvalue weighted by molar-refractivity contribution is -0.137. The highest BCUT2D eigenvalue weighted by atomic mass is 16.5. The van der Waals surface area contributed by atoms with Crippen molar-refractivity contribution in [2.24, 2.45) is 5.92 Å². The molecule has 0 saturated carbocycles. The Kier molecular flexibility index (Phi) is 5.03. The van der Waals surface area contributed by atoms with Crippen LogP contribution in [0.15, 0.2) is 24.3 Å². The van der Waals surface area contributed by atoms with E-state index in [1.54, 1.807) is 24.3 Å². The lowest BCUT2D eigenvalue weighted by Gasteiger charge is -2.33. The molecule has 2 aliphatic heterocycles. The molecule has 2 heterocycles. The molecule has 1 unspecified atom stereocenters. The number of anilines is 1. The maximum absolute atomic E-state index is 12.7. The van der Waals surface area contributed by atoms with Crippen LogP contribution in [0.1, 0.15) is 16.8 Å². The molecule has 7 heteroatoms. The Morgan fingerprint density at radius 2 is 1.80 bits per heavy atom. The number of amides is 2. The second-order valence-corrected chi connectivity index (χ2v) is 6.54. The highest BCUT2D eigenvalue weighted by Crippen LogP contribution is 2.29. The van der Waals surface area contributed by atoms with Crippen molar-refractivity contribution in [1.82, 2.24) is 9.80 Å². The van der Waals surface area contributed by atoms with E-state index in [1.165, 1.54) is 12.0 Å². The smallest absolute Gasteiger partial charge is 0.339 e. The third kappa shape index (κ3) is 3.51. The van der Waals surface area contributed by atoms with E-state index < -0.39 is 5.97 Å². The Bertz CT molecular complexity index is 683. The standard InChI is InChI=1S/C18H23N3O4/c1-19-7-9-20(10-8-19)17(23)13-11-16(22)21(12-13)15-6-4-3-5-14(15)18(24)25-2/h3-6,13H,7-12H2,1-2H3. The third-order valence-corrected chi connectivity index (χ3v) is 4.89. The number of hydrogen-bond donors (Lipinski definition) is 0. The Balaban J connectivity index is 1.75. The van der Waals surface area contributed by atoms with Crippen LogP contribution in [0.3, 0.4) is 0 Å². The highest BCUT2D eigenvalue weighted by Gasteiger charge is 2.38. The van der Waals surface area contributed by atoms with E-state index in [9.17, 15) is 14.4 Å². The number of rotatable bonds is 3. The van der Waals surface area contributed by atoms with Crippen LogP contribution < -0.4 is 4.90 Å². The average Bonchev–Trinajstić information content (AvgIpc) is 3.02. The van der Waals surface area contributed by atoms with Gasteiger partial charge in [0.15, 0.2) is 0 Å². The van der Waals surface area contributed by atoms with E-state index in [-0.39, 0.29) is 24.2 Å². The van der Waals surface area contributed by atoms with Crippen molar-refractivity contribution in [3.63, 3.8) is 0 Å². The maximum Gasteiger partial charge on any atom is 0.339 e. The van der Waals surface area contributed by atoms with Crippen molar-refractivity contribution >= 4 is 23.5 Å². The van der Waals surface area contributed by atoms with E-state index in [0.29, 0.717) is 30.9 Å². The summed E-state index contributed by atoms with van der Waals surface area (Å²) in [5.74, 6) is -0.956. The van der Waals surface area contributed by atoms with Crippen LogP contribution in [0.25, 0.3) is 0 Å². The number of benzene rings is 1. The molecule has 2 aliphatic rings. The van der Waals surface area contributed by atoms with Crippen molar-refractivity contribution in [2.75, 3.05) is 51.8 Å². The van der Waals surface area contributed by atoms with Crippen molar-refractivity contribution < 1.29 is 19.1 Å². The van der Waals surface area contributed by atoms with Gasteiger partial charge in [0.25, 0.3) is 0 Å². The van der Waals surface area contributed by atoms with E-state index >= 15 is 0 Å². The average molecular weight is 345 g/mol. The first-order chi connectivity index (χ1) is 12.0. The summed E-state index contributed by atoms with van der Waals surface area (Å²) >= 11 is 0. The van der Waals surface area contributed by atoms with Crippen molar-refractivity contribution in [2.45, 2.75) is 6.42 Å². The van der Waals surface area contributed by atoms with Gasteiger partial charge in [0.05, 0.1) is 24.3 Å². The molecule has 7 nitrogen and oxygen atoms in total. The van der Waals surface area contributed by atoms with E-state index in [2.05, 4.69) is 4.90 Å². The van der Waals surface area contributed by atoms with Gasteiger partial charge in [-0.1, -0.05) is 12.1 Å². The summed E-state index contributed by atoms with van der Waals surface area (Å²) in [6.07, 6.45) is 0.181. The number of likely N-dealkylation sites (N-methyl/N-ethyl adjacent to an activating group) is 1. The minimum Gasteiger partial charge on any atom is -0.465 e. The summed E-state index contributed by atoms with van der Waals surface area (Å²) in [6.45, 7) is 3.39. The van der Waals surface area contributed by atoms with Crippen LogP contribution in [-0.2, 0) is 14.3 Å². The Morgan fingerprint density at radius 3 is 2.48 bits per heavy atom. The number of esters is 1. The molecule has 2 fully saturated rings. The summed E-state index contributed by atoms with van der Waals surface area (Å²) < 4.78 is 4.79. The fraction of sp³-hybridized carbons (Fsp3) is 0.500. The van der Waals surface area contributed by atoms with Gasteiger partial charge in [0.1, 0.15) is 0 Å². The molecular weight excluding hydrogens is 322 g/mol. The van der Waals surface area contributed by atoms with Crippen LogP contribution in [0.2, 0.25) is 0 Å². The molecule has 2 saturated heterocycles. The SMILES string of the molecule is COC(=O)c1ccccc1N1CC(C(=O)N2CCN(C)CC2)CC1=O. The number of piperazine rings is 1. The molecule has 25 heavy (non-hydrogen) atoms. The molecule has 1 aromatic rings. The van der Waals surface area contributed by atoms with Crippen LogP contribution in [0, 0.1) is 5.92 Å². The zero-order valence-corrected chi connectivity index (χ0v) is 14.6. The lowest BCUT2D eigenvalue weighted by Crippen LogP contribution is -2.49. The molecule has 0 aromatic heterocycles. The Morgan fingerprint density at radius 1 is 1.12 bits per heavy atom. The van der Waals surface area contributed by atoms with Crippen molar-refractivity contribution in [3.05, 3.63) is 29.8 Å². The minimum absolute atomic E-state index is 0.0273. The molecule has 0 N–H and O–H groups in total. The van der Waals surface area contributed by atoms with Crippen LogP contribution in [-0.4, -0.2) is 74.5 Å². The van der Waals surface area contributed by atoms with Gasteiger partial charge in [-0.3, -0.25) is 9.59 Å². The normalized spacial score (nSPS) is 21.5. The van der Waals surface area contributed by atoms with Gasteiger partial charge in [-0.25, -0.2) is 4.79 Å². The highest BCUT2D eigenvalue weighted by molar-refractivity contribution is 6.05. The zero-order valence-electron chi connectivity index (χ0n) is 14.6. The number of carbonyl (C=O) groups excluding carboxylic acids is 3. The Hall–Kier alpha value is -2.41. The van der Waals surface area contributed by atoms with E-state index in [0.717, 1.165) is 13.1 Å². The summed E-state index contributed by atoms with van der Waals surface area (Å²) in [6, 6.07) is 6.84. The molecule has 134 valence electrons. The number of methoxy groups -OCH3 is 1. The number of ether oxygens (including phenoxy) is 1. The van der Waals surface area contributed by atoms with Gasteiger partial charge < -0.3 is 19.4 Å². The molecule has 0 bridgehead atoms. The maximum atomic E-state index is 12.7. The second-order valence-electron chi connectivity index (χ2n) is 6.54.